The van der Waals surface area contributed by atoms with Crippen LogP contribution in [0.25, 0.3) is 6.08 Å². The molecule has 1 nitrogen and oxygen atoms in total. The molecule has 2 aromatic carbocycles. The lowest BCUT2D eigenvalue weighted by Gasteiger charge is -2.36. The van der Waals surface area contributed by atoms with Crippen molar-refractivity contribution in [3.8, 4) is 0 Å². The molecule has 2 heteroatoms. The number of benzene rings is 2. The number of aryl methyl sites for hydroxylation is 2. The molecule has 0 aliphatic rings. The fourth-order valence-electron chi connectivity index (χ4n) is 2.60. The highest BCUT2D eigenvalue weighted by molar-refractivity contribution is 6.74. The third kappa shape index (κ3) is 5.96. The van der Waals surface area contributed by atoms with Crippen LogP contribution in [0.1, 0.15) is 49.4 Å². The Morgan fingerprint density at radius 1 is 0.846 bits per heavy atom. The van der Waals surface area contributed by atoms with E-state index in [4.69, 9.17) is 4.43 Å². The van der Waals surface area contributed by atoms with Crippen LogP contribution in [0, 0.1) is 0 Å². The van der Waals surface area contributed by atoms with Gasteiger partial charge in [-0.25, -0.2) is 0 Å². The Hall–Kier alpha value is -1.64. The zero-order valence-electron chi connectivity index (χ0n) is 17.1. The van der Waals surface area contributed by atoms with E-state index in [1.165, 1.54) is 28.7 Å². The van der Waals surface area contributed by atoms with Gasteiger partial charge in [-0.1, -0.05) is 82.0 Å². The average Bonchev–Trinajstić information content (AvgIpc) is 2.61. The van der Waals surface area contributed by atoms with Gasteiger partial charge in [-0.3, -0.25) is 0 Å². The zero-order chi connectivity index (χ0) is 19.2. The average molecular weight is 367 g/mol. The van der Waals surface area contributed by atoms with Gasteiger partial charge < -0.3 is 4.43 Å². The molecule has 0 spiro atoms. The monoisotopic (exact) mass is 366 g/mol. The van der Waals surface area contributed by atoms with Gasteiger partial charge >= 0.3 is 0 Å². The maximum absolute atomic E-state index is 6.31. The van der Waals surface area contributed by atoms with Crippen molar-refractivity contribution in [2.24, 2.45) is 0 Å². The van der Waals surface area contributed by atoms with Crippen LogP contribution in [0.5, 0.6) is 0 Å². The minimum atomic E-state index is -1.67. The van der Waals surface area contributed by atoms with Gasteiger partial charge in [-0.05, 0) is 59.6 Å². The summed E-state index contributed by atoms with van der Waals surface area (Å²) in [5.41, 5.74) is 5.27. The van der Waals surface area contributed by atoms with E-state index in [9.17, 15) is 0 Å². The third-order valence-electron chi connectivity index (χ3n) is 5.58. The molecule has 0 atom stereocenters. The molecule has 26 heavy (non-hydrogen) atoms. The minimum absolute atomic E-state index is 0.261. The second-order valence-corrected chi connectivity index (χ2v) is 13.5. The fourth-order valence-corrected chi connectivity index (χ4v) is 3.56. The van der Waals surface area contributed by atoms with E-state index in [0.29, 0.717) is 0 Å². The van der Waals surface area contributed by atoms with Crippen molar-refractivity contribution in [2.75, 3.05) is 0 Å². The molecule has 0 aliphatic carbocycles. The van der Waals surface area contributed by atoms with Crippen molar-refractivity contribution >= 4 is 14.4 Å². The summed E-state index contributed by atoms with van der Waals surface area (Å²) in [7, 11) is -1.67. The molecule has 2 aromatic rings. The highest BCUT2D eigenvalue weighted by Crippen LogP contribution is 2.37. The van der Waals surface area contributed by atoms with Gasteiger partial charge in [0.05, 0.1) is 6.61 Å². The first-order chi connectivity index (χ1) is 12.2. The smallest absolute Gasteiger partial charge is 0.192 e. The van der Waals surface area contributed by atoms with Gasteiger partial charge in [0, 0.05) is 0 Å². The molecular weight excluding hydrogens is 332 g/mol. The molecule has 140 valence electrons. The van der Waals surface area contributed by atoms with E-state index in [1.54, 1.807) is 0 Å². The van der Waals surface area contributed by atoms with Gasteiger partial charge in [0.1, 0.15) is 0 Å². The summed E-state index contributed by atoms with van der Waals surface area (Å²) in [4.78, 5) is 0. The first kappa shape index (κ1) is 20.7. The molecule has 2 rings (SSSR count). The van der Waals surface area contributed by atoms with Gasteiger partial charge in [-0.2, -0.15) is 0 Å². The molecular formula is C24H34OSi. The summed E-state index contributed by atoms with van der Waals surface area (Å²) in [6.07, 6.45) is 5.30. The summed E-state index contributed by atoms with van der Waals surface area (Å²) in [5, 5.41) is 0.261. The highest BCUT2D eigenvalue weighted by atomic mass is 28.4. The minimum Gasteiger partial charge on any atom is -0.413 e. The number of hydrogen-bond donors (Lipinski definition) is 0. The van der Waals surface area contributed by atoms with E-state index < -0.39 is 8.32 Å². The van der Waals surface area contributed by atoms with E-state index in [0.717, 1.165) is 19.4 Å². The predicted molar refractivity (Wildman–Crippen MR) is 117 cm³/mol. The topological polar surface area (TPSA) is 9.23 Å². The lowest BCUT2D eigenvalue weighted by Crippen LogP contribution is -2.40. The second-order valence-electron chi connectivity index (χ2n) is 8.66. The quantitative estimate of drug-likeness (QED) is 0.456. The van der Waals surface area contributed by atoms with Gasteiger partial charge in [0.15, 0.2) is 8.32 Å². The standard InChI is InChI=1S/C24H34OSi/c1-7-20-11-13-21(14-12-20)9-8-10-22-15-17-23(18-16-22)19-25-26(5,6)24(2,3)4/h7,11-18H,1,8-10,19H2,2-6H3. The Kier molecular flexibility index (Phi) is 7.02. The van der Waals surface area contributed by atoms with E-state index in [2.05, 4.69) is 89.0 Å². The maximum atomic E-state index is 6.31. The highest BCUT2D eigenvalue weighted by Gasteiger charge is 2.36. The molecule has 0 aliphatic heterocycles. The largest absolute Gasteiger partial charge is 0.413 e. The molecule has 0 fully saturated rings. The van der Waals surface area contributed by atoms with Gasteiger partial charge in [0.25, 0.3) is 0 Å². The zero-order valence-corrected chi connectivity index (χ0v) is 18.1. The van der Waals surface area contributed by atoms with Crippen LogP contribution in [-0.4, -0.2) is 8.32 Å². The van der Waals surface area contributed by atoms with Crippen molar-refractivity contribution in [3.05, 3.63) is 77.4 Å². The van der Waals surface area contributed by atoms with Gasteiger partial charge in [0.2, 0.25) is 0 Å². The lowest BCUT2D eigenvalue weighted by molar-refractivity contribution is 0.276. The maximum Gasteiger partial charge on any atom is 0.192 e. The number of hydrogen-bond acceptors (Lipinski definition) is 1. The SMILES string of the molecule is C=Cc1ccc(CCCc2ccc(CO[Si](C)(C)C(C)(C)C)cc2)cc1. The van der Waals surface area contributed by atoms with Crippen molar-refractivity contribution in [1.82, 2.24) is 0 Å². The van der Waals surface area contributed by atoms with Crippen LogP contribution < -0.4 is 0 Å². The van der Waals surface area contributed by atoms with E-state index in [1.807, 2.05) is 6.08 Å². The predicted octanol–water partition coefficient (Wildman–Crippen LogP) is 7.03. The molecule has 0 aromatic heterocycles. The summed E-state index contributed by atoms with van der Waals surface area (Å²) in [6.45, 7) is 16.0. The van der Waals surface area contributed by atoms with Crippen molar-refractivity contribution in [3.63, 3.8) is 0 Å². The second kappa shape index (κ2) is 8.83. The molecule has 0 saturated carbocycles. The lowest BCUT2D eigenvalue weighted by atomic mass is 10.0. The van der Waals surface area contributed by atoms with Crippen molar-refractivity contribution < 1.29 is 4.43 Å². The Morgan fingerprint density at radius 3 is 1.77 bits per heavy atom. The first-order valence-electron chi connectivity index (χ1n) is 9.64. The van der Waals surface area contributed by atoms with Crippen LogP contribution in [0.3, 0.4) is 0 Å². The van der Waals surface area contributed by atoms with E-state index >= 15 is 0 Å². The normalized spacial score (nSPS) is 12.2. The molecule has 0 unspecified atom stereocenters. The molecule has 0 amide bonds. The Morgan fingerprint density at radius 2 is 1.31 bits per heavy atom. The summed E-state index contributed by atoms with van der Waals surface area (Å²) < 4.78 is 6.31. The Labute approximate surface area is 161 Å². The van der Waals surface area contributed by atoms with Gasteiger partial charge in [-0.15, -0.1) is 0 Å². The van der Waals surface area contributed by atoms with E-state index in [-0.39, 0.29) is 5.04 Å². The van der Waals surface area contributed by atoms with Crippen LogP contribution in [0.2, 0.25) is 18.1 Å². The molecule has 0 N–H and O–H groups in total. The van der Waals surface area contributed by atoms with Crippen LogP contribution in [0.4, 0.5) is 0 Å². The van der Waals surface area contributed by atoms with Crippen LogP contribution >= 0.6 is 0 Å². The first-order valence-corrected chi connectivity index (χ1v) is 12.6. The molecule has 0 radical (unpaired) electrons. The summed E-state index contributed by atoms with van der Waals surface area (Å²) in [5.74, 6) is 0. The molecule has 0 heterocycles. The summed E-state index contributed by atoms with van der Waals surface area (Å²) in [6, 6.07) is 17.6. The van der Waals surface area contributed by atoms with Crippen LogP contribution in [-0.2, 0) is 23.9 Å². The number of rotatable bonds is 8. The van der Waals surface area contributed by atoms with Crippen molar-refractivity contribution in [2.45, 2.75) is 64.8 Å². The molecule has 0 saturated heterocycles. The van der Waals surface area contributed by atoms with Crippen molar-refractivity contribution in [1.29, 1.82) is 0 Å². The molecule has 0 bridgehead atoms. The fraction of sp³-hybridized carbons (Fsp3) is 0.417. The summed E-state index contributed by atoms with van der Waals surface area (Å²) >= 11 is 0. The Bertz CT molecular complexity index is 690. The third-order valence-corrected chi connectivity index (χ3v) is 10.1. The Balaban J connectivity index is 1.80. The van der Waals surface area contributed by atoms with Crippen LogP contribution in [0.15, 0.2) is 55.1 Å².